The fourth-order valence-electron chi connectivity index (χ4n) is 4.10. The minimum Gasteiger partial charge on any atom is -0.356 e. The number of hydrogen-bond acceptors (Lipinski definition) is 6. The maximum absolute atomic E-state index is 13.1. The summed E-state index contributed by atoms with van der Waals surface area (Å²) in [5.74, 6) is 1.34. The van der Waals surface area contributed by atoms with Crippen LogP contribution >= 0.6 is 0 Å². The molecule has 3 heterocycles. The smallest absolute Gasteiger partial charge is 0.243 e. The number of nitrogens with zero attached hydrogens (tertiary/aromatic N) is 4. The zero-order valence-electron chi connectivity index (χ0n) is 17.2. The molecule has 1 N–H and O–H groups in total. The summed E-state index contributed by atoms with van der Waals surface area (Å²) in [6.45, 7) is 3.93. The van der Waals surface area contributed by atoms with Crippen molar-refractivity contribution in [1.29, 1.82) is 0 Å². The number of para-hydroxylation sites is 2. The predicted octanol–water partition coefficient (Wildman–Crippen LogP) is 3.57. The molecule has 0 atom stereocenters. The number of aromatic nitrogens is 3. The van der Waals surface area contributed by atoms with Gasteiger partial charge in [0, 0.05) is 30.1 Å². The van der Waals surface area contributed by atoms with Crippen LogP contribution in [0.2, 0.25) is 0 Å². The van der Waals surface area contributed by atoms with Crippen LogP contribution in [-0.2, 0) is 16.6 Å². The maximum atomic E-state index is 13.1. The molecule has 0 radical (unpaired) electrons. The molecule has 4 aromatic rings. The molecule has 1 saturated heterocycles. The van der Waals surface area contributed by atoms with Crippen LogP contribution in [0.25, 0.3) is 21.8 Å². The van der Waals surface area contributed by atoms with Crippen molar-refractivity contribution < 1.29 is 8.42 Å². The van der Waals surface area contributed by atoms with Crippen LogP contribution in [0.5, 0.6) is 0 Å². The molecule has 31 heavy (non-hydrogen) atoms. The highest BCUT2D eigenvalue weighted by Crippen LogP contribution is 2.28. The summed E-state index contributed by atoms with van der Waals surface area (Å²) in [6.07, 6.45) is 3.86. The van der Waals surface area contributed by atoms with E-state index in [9.17, 15) is 8.42 Å². The van der Waals surface area contributed by atoms with E-state index in [0.717, 1.165) is 53.6 Å². The van der Waals surface area contributed by atoms with Crippen LogP contribution < -0.4 is 9.62 Å². The molecule has 0 aliphatic carbocycles. The Morgan fingerprint density at radius 1 is 0.968 bits per heavy atom. The Morgan fingerprint density at radius 2 is 1.74 bits per heavy atom. The molecule has 8 heteroatoms. The number of sulfonamides is 1. The van der Waals surface area contributed by atoms with E-state index in [1.54, 1.807) is 24.4 Å². The predicted molar refractivity (Wildman–Crippen MR) is 121 cm³/mol. The summed E-state index contributed by atoms with van der Waals surface area (Å²) in [5.41, 5.74) is 2.36. The second-order valence-electron chi connectivity index (χ2n) is 7.78. The summed E-state index contributed by atoms with van der Waals surface area (Å²) in [7, 11) is -3.79. The summed E-state index contributed by atoms with van der Waals surface area (Å²) < 4.78 is 28.8. The lowest BCUT2D eigenvalue weighted by Crippen LogP contribution is -2.26. The molecule has 1 aliphatic rings. The second-order valence-corrected chi connectivity index (χ2v) is 9.52. The van der Waals surface area contributed by atoms with E-state index >= 15 is 0 Å². The monoisotopic (exact) mass is 433 g/mol. The van der Waals surface area contributed by atoms with Gasteiger partial charge in [0.2, 0.25) is 10.0 Å². The minimum atomic E-state index is -3.79. The number of nitrogens with one attached hydrogen (secondary N) is 1. The van der Waals surface area contributed by atoms with Gasteiger partial charge in [-0.05, 0) is 43.5 Å². The Morgan fingerprint density at radius 3 is 2.58 bits per heavy atom. The number of anilines is 1. The third kappa shape index (κ3) is 3.73. The molecule has 1 aliphatic heterocycles. The number of hydrogen-bond donors (Lipinski definition) is 1. The van der Waals surface area contributed by atoms with Crippen molar-refractivity contribution in [2.45, 2.75) is 31.2 Å². The average molecular weight is 434 g/mol. The van der Waals surface area contributed by atoms with Gasteiger partial charge < -0.3 is 4.90 Å². The third-order valence-corrected chi connectivity index (χ3v) is 7.10. The van der Waals surface area contributed by atoms with Gasteiger partial charge in [0.1, 0.15) is 16.5 Å². The highest BCUT2D eigenvalue weighted by atomic mass is 32.2. The molecule has 1 fully saturated rings. The molecule has 2 aromatic heterocycles. The van der Waals surface area contributed by atoms with Gasteiger partial charge in [0.15, 0.2) is 0 Å². The summed E-state index contributed by atoms with van der Waals surface area (Å²) in [5, 5.41) is 1.78. The molecular formula is C23H23N5O2S. The molecule has 158 valence electrons. The van der Waals surface area contributed by atoms with Crippen molar-refractivity contribution in [1.82, 2.24) is 19.7 Å². The zero-order valence-corrected chi connectivity index (χ0v) is 18.1. The minimum absolute atomic E-state index is 0.0106. The Hall–Kier alpha value is -3.10. The molecule has 5 rings (SSSR count). The highest BCUT2D eigenvalue weighted by molar-refractivity contribution is 7.89. The summed E-state index contributed by atoms with van der Waals surface area (Å²) >= 11 is 0. The van der Waals surface area contributed by atoms with Crippen molar-refractivity contribution >= 4 is 37.6 Å². The van der Waals surface area contributed by atoms with Gasteiger partial charge in [-0.25, -0.2) is 23.1 Å². The van der Waals surface area contributed by atoms with E-state index < -0.39 is 10.0 Å². The van der Waals surface area contributed by atoms with Crippen molar-refractivity contribution in [3.63, 3.8) is 0 Å². The lowest BCUT2D eigenvalue weighted by Gasteiger charge is -2.20. The Bertz CT molecular complexity index is 1380. The molecule has 0 amide bonds. The fourth-order valence-corrected chi connectivity index (χ4v) is 5.26. The summed E-state index contributed by atoms with van der Waals surface area (Å²) in [6, 6.07) is 14.8. The quantitative estimate of drug-likeness (QED) is 0.518. The molecular weight excluding hydrogens is 410 g/mol. The van der Waals surface area contributed by atoms with Gasteiger partial charge in [-0.15, -0.1) is 0 Å². The van der Waals surface area contributed by atoms with E-state index in [4.69, 9.17) is 4.98 Å². The highest BCUT2D eigenvalue weighted by Gasteiger charge is 2.21. The van der Waals surface area contributed by atoms with Gasteiger partial charge in [-0.2, -0.15) is 0 Å². The van der Waals surface area contributed by atoms with E-state index in [1.165, 1.54) is 0 Å². The Balaban J connectivity index is 1.51. The van der Waals surface area contributed by atoms with Crippen LogP contribution in [0, 0.1) is 6.92 Å². The molecule has 0 bridgehead atoms. The summed E-state index contributed by atoms with van der Waals surface area (Å²) in [4.78, 5) is 16.1. The Kier molecular flexibility index (Phi) is 5.03. The van der Waals surface area contributed by atoms with Gasteiger partial charge >= 0.3 is 0 Å². The topological polar surface area (TPSA) is 88.1 Å². The third-order valence-electron chi connectivity index (χ3n) is 5.67. The normalized spacial score (nSPS) is 14.5. The Labute approximate surface area is 181 Å². The van der Waals surface area contributed by atoms with Gasteiger partial charge in [-0.3, -0.25) is 4.98 Å². The van der Waals surface area contributed by atoms with E-state index in [2.05, 4.69) is 19.6 Å². The zero-order chi connectivity index (χ0) is 21.4. The lowest BCUT2D eigenvalue weighted by molar-refractivity contribution is 0.580. The van der Waals surface area contributed by atoms with Crippen LogP contribution in [-0.4, -0.2) is 36.5 Å². The molecule has 0 unspecified atom stereocenters. The largest absolute Gasteiger partial charge is 0.356 e. The van der Waals surface area contributed by atoms with Crippen LogP contribution in [0.3, 0.4) is 0 Å². The number of aryl methyl sites for hydroxylation is 1. The number of pyridine rings is 1. The second kappa shape index (κ2) is 7.86. The van der Waals surface area contributed by atoms with Gasteiger partial charge in [0.25, 0.3) is 0 Å². The lowest BCUT2D eigenvalue weighted by atomic mass is 10.1. The van der Waals surface area contributed by atoms with Crippen LogP contribution in [0.4, 0.5) is 5.82 Å². The molecule has 0 saturated carbocycles. The molecule has 2 aromatic carbocycles. The van der Waals surface area contributed by atoms with Gasteiger partial charge in [0.05, 0.1) is 17.6 Å². The maximum Gasteiger partial charge on any atom is 0.243 e. The first kappa shape index (κ1) is 19.8. The van der Waals surface area contributed by atoms with E-state index in [0.29, 0.717) is 11.3 Å². The first-order valence-corrected chi connectivity index (χ1v) is 11.9. The molecule has 7 nitrogen and oxygen atoms in total. The van der Waals surface area contributed by atoms with Crippen LogP contribution in [0.15, 0.2) is 59.6 Å². The first-order chi connectivity index (χ1) is 15.0. The van der Waals surface area contributed by atoms with E-state index in [1.807, 2.05) is 37.3 Å². The average Bonchev–Trinajstić information content (AvgIpc) is 3.32. The number of rotatable bonds is 5. The molecule has 0 spiro atoms. The standard InChI is InChI=1S/C23H23N5O2S/c1-16-7-4-10-18-21(16)26-20(27-23(18)28-13-2-3-14-28)15-25-31(29,30)19-11-5-8-17-9-6-12-24-22(17)19/h4-12,25H,2-3,13-15H2,1H3. The number of benzene rings is 2. The van der Waals surface area contributed by atoms with Crippen molar-refractivity contribution in [3.8, 4) is 0 Å². The number of fused-ring (bicyclic) bond motifs is 2. The van der Waals surface area contributed by atoms with Crippen LogP contribution in [0.1, 0.15) is 24.2 Å². The SMILES string of the molecule is Cc1cccc2c(N3CCCC3)nc(CNS(=O)(=O)c3cccc4cccnc34)nc12. The van der Waals surface area contributed by atoms with Crippen molar-refractivity contribution in [2.24, 2.45) is 0 Å². The van der Waals surface area contributed by atoms with Crippen molar-refractivity contribution in [3.05, 3.63) is 66.1 Å². The first-order valence-electron chi connectivity index (χ1n) is 10.4. The fraction of sp³-hybridized carbons (Fsp3) is 0.261. The van der Waals surface area contributed by atoms with Gasteiger partial charge in [-0.1, -0.05) is 30.3 Å². The van der Waals surface area contributed by atoms with Crippen molar-refractivity contribution in [2.75, 3.05) is 18.0 Å². The van der Waals surface area contributed by atoms with E-state index in [-0.39, 0.29) is 11.4 Å².